The minimum Gasteiger partial charge on any atom is -0.507 e. The van der Waals surface area contributed by atoms with Crippen LogP contribution in [0.5, 0.6) is 5.75 Å². The number of aryl methyl sites for hydroxylation is 1. The maximum atomic E-state index is 12.9. The van der Waals surface area contributed by atoms with Gasteiger partial charge in [-0.25, -0.2) is 4.79 Å². The number of esters is 1. The second-order valence-corrected chi connectivity index (χ2v) is 8.18. The fraction of sp³-hybridized carbons (Fsp3) is 0.300. The summed E-state index contributed by atoms with van der Waals surface area (Å²) in [5, 5.41) is 14.2. The van der Waals surface area contributed by atoms with Crippen LogP contribution < -0.4 is 5.32 Å². The minimum atomic E-state index is -4.39. The van der Waals surface area contributed by atoms with E-state index in [0.29, 0.717) is 27.9 Å². The van der Waals surface area contributed by atoms with Gasteiger partial charge in [-0.2, -0.15) is 8.42 Å². The molecule has 30 heavy (non-hydrogen) atoms. The van der Waals surface area contributed by atoms with Crippen molar-refractivity contribution in [1.29, 1.82) is 0 Å². The molecule has 0 amide bonds. The monoisotopic (exact) mass is 433 g/mol. The highest BCUT2D eigenvalue weighted by molar-refractivity contribution is 7.85. The molecule has 9 nitrogen and oxygen atoms in total. The van der Waals surface area contributed by atoms with Crippen LogP contribution in [0.15, 0.2) is 30.5 Å². The molecule has 3 rings (SSSR count). The summed E-state index contributed by atoms with van der Waals surface area (Å²) in [7, 11) is -1.01. The Morgan fingerprint density at radius 2 is 2.07 bits per heavy atom. The lowest BCUT2D eigenvalue weighted by Gasteiger charge is -2.12. The van der Waals surface area contributed by atoms with Crippen molar-refractivity contribution in [3.63, 3.8) is 0 Å². The predicted molar refractivity (Wildman–Crippen MR) is 112 cm³/mol. The second-order valence-electron chi connectivity index (χ2n) is 6.73. The topological polar surface area (TPSA) is 131 Å². The van der Waals surface area contributed by atoms with E-state index < -0.39 is 21.8 Å². The summed E-state index contributed by atoms with van der Waals surface area (Å²) >= 11 is 0. The van der Waals surface area contributed by atoms with Crippen molar-refractivity contribution in [3.05, 3.63) is 47.2 Å². The highest BCUT2D eigenvalue weighted by Gasteiger charge is 2.29. The summed E-state index contributed by atoms with van der Waals surface area (Å²) in [4.78, 5) is 17.3. The van der Waals surface area contributed by atoms with E-state index in [4.69, 9.17) is 4.74 Å². The fourth-order valence-corrected chi connectivity index (χ4v) is 4.20. The van der Waals surface area contributed by atoms with Crippen LogP contribution >= 0.6 is 0 Å². The van der Waals surface area contributed by atoms with E-state index in [1.165, 1.54) is 6.07 Å². The minimum absolute atomic E-state index is 0.0267. The van der Waals surface area contributed by atoms with Crippen LogP contribution in [-0.2, 0) is 34.2 Å². The molecule has 2 heterocycles. The third kappa shape index (κ3) is 4.02. The Morgan fingerprint density at radius 3 is 2.63 bits per heavy atom. The first-order valence-corrected chi connectivity index (χ1v) is 10.8. The van der Waals surface area contributed by atoms with E-state index in [-0.39, 0.29) is 30.0 Å². The molecule has 0 fully saturated rings. The summed E-state index contributed by atoms with van der Waals surface area (Å²) in [5.74, 6) is -1.65. The number of phenols is 1. The Morgan fingerprint density at radius 1 is 1.33 bits per heavy atom. The van der Waals surface area contributed by atoms with Crippen LogP contribution in [0.2, 0.25) is 0 Å². The van der Waals surface area contributed by atoms with E-state index in [9.17, 15) is 22.9 Å². The number of pyridine rings is 1. The highest BCUT2D eigenvalue weighted by atomic mass is 32.2. The predicted octanol–water partition coefficient (Wildman–Crippen LogP) is 2.23. The highest BCUT2D eigenvalue weighted by Crippen LogP contribution is 2.40. The molecule has 3 aromatic rings. The molecule has 160 valence electrons. The zero-order valence-corrected chi connectivity index (χ0v) is 17.7. The van der Waals surface area contributed by atoms with Crippen molar-refractivity contribution in [3.8, 4) is 17.1 Å². The number of hydrogen-bond donors (Lipinski definition) is 3. The van der Waals surface area contributed by atoms with E-state index in [1.54, 1.807) is 50.0 Å². The molecule has 0 aliphatic rings. The summed E-state index contributed by atoms with van der Waals surface area (Å²) in [6, 6.07) is 6.73. The van der Waals surface area contributed by atoms with Gasteiger partial charge in [-0.15, -0.1) is 0 Å². The first-order valence-electron chi connectivity index (χ1n) is 9.24. The Bertz CT molecular complexity index is 1200. The maximum absolute atomic E-state index is 12.9. The second kappa shape index (κ2) is 8.42. The molecule has 0 saturated heterocycles. The number of benzene rings is 1. The molecule has 10 heteroatoms. The largest absolute Gasteiger partial charge is 0.507 e. The SMILES string of the molecule is CCOC(=O)c1c(-c2ccccn2)n(C)c2cc(CS(=O)(=O)O)c(O)c(CNC)c12. The number of carbonyl (C=O) groups excluding carboxylic acids is 1. The molecule has 0 aliphatic heterocycles. The zero-order valence-electron chi connectivity index (χ0n) is 16.8. The number of fused-ring (bicyclic) bond motifs is 1. The number of nitrogens with zero attached hydrogens (tertiary/aromatic N) is 2. The molecule has 0 atom stereocenters. The number of hydrogen-bond acceptors (Lipinski definition) is 7. The van der Waals surface area contributed by atoms with Crippen LogP contribution in [0.3, 0.4) is 0 Å². The van der Waals surface area contributed by atoms with Crippen molar-refractivity contribution in [2.45, 2.75) is 19.2 Å². The van der Waals surface area contributed by atoms with E-state index in [0.717, 1.165) is 0 Å². The van der Waals surface area contributed by atoms with Crippen LogP contribution in [0, 0.1) is 0 Å². The Balaban J connectivity index is 2.47. The van der Waals surface area contributed by atoms with E-state index >= 15 is 0 Å². The van der Waals surface area contributed by atoms with Crippen LogP contribution in [-0.4, -0.2) is 47.3 Å². The van der Waals surface area contributed by atoms with Gasteiger partial charge in [-0.3, -0.25) is 9.54 Å². The lowest BCUT2D eigenvalue weighted by molar-refractivity contribution is 0.0529. The summed E-state index contributed by atoms with van der Waals surface area (Å²) in [5.41, 5.74) is 2.08. The van der Waals surface area contributed by atoms with Gasteiger partial charge in [-0.1, -0.05) is 6.07 Å². The van der Waals surface area contributed by atoms with Crippen LogP contribution in [0.4, 0.5) is 0 Å². The average molecular weight is 433 g/mol. The van der Waals surface area contributed by atoms with Gasteiger partial charge in [0, 0.05) is 36.3 Å². The van der Waals surface area contributed by atoms with Gasteiger partial charge in [0.1, 0.15) is 11.5 Å². The number of nitrogens with one attached hydrogen (secondary N) is 1. The normalized spacial score (nSPS) is 11.7. The third-order valence-corrected chi connectivity index (χ3v) is 5.40. The Hall–Kier alpha value is -2.95. The average Bonchev–Trinajstić information content (AvgIpc) is 2.97. The molecule has 0 unspecified atom stereocenters. The Kier molecular flexibility index (Phi) is 6.11. The van der Waals surface area contributed by atoms with E-state index in [2.05, 4.69) is 10.3 Å². The molecular formula is C20H23N3O6S. The van der Waals surface area contributed by atoms with Gasteiger partial charge < -0.3 is 19.7 Å². The molecule has 2 aromatic heterocycles. The van der Waals surface area contributed by atoms with Crippen molar-refractivity contribution in [2.24, 2.45) is 7.05 Å². The standard InChI is InChI=1S/C20H23N3O6S/c1-4-29-20(25)17-16-13(10-21-2)19(24)12(11-30(26,27)28)9-15(16)23(3)18(17)14-7-5-6-8-22-14/h5-9,21,24H,4,10-11H2,1-3H3,(H,26,27,28). The molecule has 3 N–H and O–H groups in total. The van der Waals surface area contributed by atoms with Gasteiger partial charge in [0.2, 0.25) is 0 Å². The van der Waals surface area contributed by atoms with E-state index in [1.807, 2.05) is 0 Å². The first kappa shape index (κ1) is 21.8. The van der Waals surface area contributed by atoms with Gasteiger partial charge in [0.25, 0.3) is 10.1 Å². The Labute approximate surface area is 174 Å². The maximum Gasteiger partial charge on any atom is 0.341 e. The number of aromatic nitrogens is 2. The molecule has 0 radical (unpaired) electrons. The summed E-state index contributed by atoms with van der Waals surface area (Å²) in [6.07, 6.45) is 1.59. The lowest BCUT2D eigenvalue weighted by atomic mass is 9.99. The van der Waals surface area contributed by atoms with Crippen LogP contribution in [0.25, 0.3) is 22.3 Å². The molecule has 0 aliphatic carbocycles. The lowest BCUT2D eigenvalue weighted by Crippen LogP contribution is -2.11. The van der Waals surface area contributed by atoms with Gasteiger partial charge in [0.05, 0.1) is 29.1 Å². The number of phenolic OH excluding ortho intramolecular Hbond substituents is 1. The quantitative estimate of drug-likeness (QED) is 0.382. The van der Waals surface area contributed by atoms with Crippen molar-refractivity contribution < 1.29 is 27.6 Å². The van der Waals surface area contributed by atoms with Gasteiger partial charge >= 0.3 is 5.97 Å². The fourth-order valence-electron chi connectivity index (χ4n) is 3.58. The molecule has 1 aromatic carbocycles. The third-order valence-electron chi connectivity index (χ3n) is 4.72. The van der Waals surface area contributed by atoms with Crippen molar-refractivity contribution in [2.75, 3.05) is 13.7 Å². The number of ether oxygens (including phenoxy) is 1. The van der Waals surface area contributed by atoms with Gasteiger partial charge in [0.15, 0.2) is 0 Å². The zero-order chi connectivity index (χ0) is 22.1. The smallest absolute Gasteiger partial charge is 0.341 e. The first-order chi connectivity index (χ1) is 14.2. The molecule has 0 saturated carbocycles. The number of rotatable bonds is 7. The summed E-state index contributed by atoms with van der Waals surface area (Å²) in [6.45, 7) is 2.00. The number of carbonyl (C=O) groups is 1. The van der Waals surface area contributed by atoms with Crippen molar-refractivity contribution in [1.82, 2.24) is 14.9 Å². The van der Waals surface area contributed by atoms with Gasteiger partial charge in [-0.05, 0) is 32.2 Å². The summed E-state index contributed by atoms with van der Waals surface area (Å²) < 4.78 is 39.2. The molecular weight excluding hydrogens is 410 g/mol. The molecule has 0 bridgehead atoms. The van der Waals surface area contributed by atoms with Crippen LogP contribution in [0.1, 0.15) is 28.4 Å². The van der Waals surface area contributed by atoms with Crippen molar-refractivity contribution >= 4 is 27.0 Å². The molecule has 0 spiro atoms. The number of aromatic hydroxyl groups is 1.